The Bertz CT molecular complexity index is 714. The third kappa shape index (κ3) is 5.13. The third-order valence-corrected chi connectivity index (χ3v) is 3.15. The molecule has 0 heterocycles. The van der Waals surface area contributed by atoms with Gasteiger partial charge in [-0.05, 0) is 36.4 Å². The molecule has 0 unspecified atom stereocenters. The molecular formula is C17H18N4O3. The van der Waals surface area contributed by atoms with Crippen molar-refractivity contribution in [3.8, 4) is 0 Å². The van der Waals surface area contributed by atoms with Gasteiger partial charge in [-0.25, -0.2) is 4.79 Å². The molecule has 0 aliphatic carbocycles. The van der Waals surface area contributed by atoms with E-state index in [-0.39, 0.29) is 11.8 Å². The van der Waals surface area contributed by atoms with Crippen molar-refractivity contribution in [2.24, 2.45) is 5.73 Å². The molecule has 7 heteroatoms. The van der Waals surface area contributed by atoms with E-state index in [1.165, 1.54) is 0 Å². The molecule has 7 nitrogen and oxygen atoms in total. The van der Waals surface area contributed by atoms with Crippen LogP contribution in [0.1, 0.15) is 20.7 Å². The lowest BCUT2D eigenvalue weighted by molar-refractivity contribution is 0.0927. The zero-order valence-corrected chi connectivity index (χ0v) is 12.9. The summed E-state index contributed by atoms with van der Waals surface area (Å²) < 4.78 is 0. The Hall–Kier alpha value is -3.35. The number of nitrogens with two attached hydrogens (primary N) is 1. The summed E-state index contributed by atoms with van der Waals surface area (Å²) in [4.78, 5) is 34.5. The largest absolute Gasteiger partial charge is 0.351 e. The van der Waals surface area contributed by atoms with E-state index in [2.05, 4.69) is 16.0 Å². The van der Waals surface area contributed by atoms with E-state index in [0.29, 0.717) is 29.9 Å². The quantitative estimate of drug-likeness (QED) is 0.601. The van der Waals surface area contributed by atoms with Gasteiger partial charge in [-0.2, -0.15) is 0 Å². The van der Waals surface area contributed by atoms with E-state index < -0.39 is 6.03 Å². The molecule has 0 aliphatic heterocycles. The lowest BCUT2D eigenvalue weighted by Gasteiger charge is -2.08. The van der Waals surface area contributed by atoms with E-state index >= 15 is 0 Å². The van der Waals surface area contributed by atoms with Crippen LogP contribution >= 0.6 is 0 Å². The van der Waals surface area contributed by atoms with Gasteiger partial charge >= 0.3 is 6.03 Å². The Morgan fingerprint density at radius 3 is 1.75 bits per heavy atom. The van der Waals surface area contributed by atoms with Gasteiger partial charge in [0.1, 0.15) is 0 Å². The molecule has 24 heavy (non-hydrogen) atoms. The van der Waals surface area contributed by atoms with Crippen molar-refractivity contribution in [2.45, 2.75) is 0 Å². The first-order valence-corrected chi connectivity index (χ1v) is 7.34. The summed E-state index contributed by atoms with van der Waals surface area (Å²) in [6.45, 7) is 0.624. The van der Waals surface area contributed by atoms with Gasteiger partial charge in [0.2, 0.25) is 0 Å². The van der Waals surface area contributed by atoms with Crippen LogP contribution in [0.4, 0.5) is 10.5 Å². The van der Waals surface area contributed by atoms with Crippen LogP contribution in [0, 0.1) is 0 Å². The minimum Gasteiger partial charge on any atom is -0.351 e. The number of carbonyl (C=O) groups excluding carboxylic acids is 3. The monoisotopic (exact) mass is 326 g/mol. The Balaban J connectivity index is 1.75. The number of carbonyl (C=O) groups is 3. The van der Waals surface area contributed by atoms with Crippen molar-refractivity contribution in [3.05, 3.63) is 65.7 Å². The summed E-state index contributed by atoms with van der Waals surface area (Å²) in [5, 5.41) is 7.83. The molecule has 0 spiro atoms. The summed E-state index contributed by atoms with van der Waals surface area (Å²) in [6, 6.07) is 14.5. The maximum absolute atomic E-state index is 12.0. The van der Waals surface area contributed by atoms with E-state index in [9.17, 15) is 14.4 Å². The minimum absolute atomic E-state index is 0.188. The smallest absolute Gasteiger partial charge is 0.316 e. The fraction of sp³-hybridized carbons (Fsp3) is 0.118. The second-order valence-electron chi connectivity index (χ2n) is 4.94. The summed E-state index contributed by atoms with van der Waals surface area (Å²) in [6.07, 6.45) is 0. The third-order valence-electron chi connectivity index (χ3n) is 3.15. The number of urea groups is 1. The van der Waals surface area contributed by atoms with Crippen LogP contribution in [0.5, 0.6) is 0 Å². The molecule has 2 rings (SSSR count). The zero-order valence-electron chi connectivity index (χ0n) is 12.9. The number of hydrogen-bond acceptors (Lipinski definition) is 3. The molecule has 0 aromatic heterocycles. The van der Waals surface area contributed by atoms with Crippen LogP contribution in [0.15, 0.2) is 54.6 Å². The topological polar surface area (TPSA) is 113 Å². The molecule has 0 aliphatic rings. The molecular weight excluding hydrogens is 308 g/mol. The van der Waals surface area contributed by atoms with Crippen LogP contribution in [-0.4, -0.2) is 30.9 Å². The number of amides is 4. The predicted octanol–water partition coefficient (Wildman–Crippen LogP) is 1.34. The Morgan fingerprint density at radius 2 is 1.25 bits per heavy atom. The fourth-order valence-electron chi connectivity index (χ4n) is 1.99. The van der Waals surface area contributed by atoms with Crippen molar-refractivity contribution in [1.82, 2.24) is 10.6 Å². The summed E-state index contributed by atoms with van der Waals surface area (Å²) >= 11 is 0. The van der Waals surface area contributed by atoms with Gasteiger partial charge < -0.3 is 21.7 Å². The summed E-state index contributed by atoms with van der Waals surface area (Å²) in [5.41, 5.74) is 6.53. The van der Waals surface area contributed by atoms with Crippen LogP contribution in [0.2, 0.25) is 0 Å². The van der Waals surface area contributed by atoms with Crippen molar-refractivity contribution in [1.29, 1.82) is 0 Å². The Labute approximate surface area is 139 Å². The average Bonchev–Trinajstić information content (AvgIpc) is 2.59. The number of benzene rings is 2. The summed E-state index contributed by atoms with van der Waals surface area (Å²) in [5.74, 6) is -0.457. The average molecular weight is 326 g/mol. The molecule has 0 fully saturated rings. The molecule has 0 saturated carbocycles. The highest BCUT2D eigenvalue weighted by Gasteiger charge is 2.06. The van der Waals surface area contributed by atoms with E-state index in [1.807, 2.05) is 6.07 Å². The molecule has 0 radical (unpaired) electrons. The second kappa shape index (κ2) is 8.33. The first kappa shape index (κ1) is 17.0. The number of nitrogens with one attached hydrogen (secondary N) is 3. The van der Waals surface area contributed by atoms with Gasteiger partial charge in [0.25, 0.3) is 11.8 Å². The number of anilines is 1. The van der Waals surface area contributed by atoms with Gasteiger partial charge in [-0.15, -0.1) is 0 Å². The van der Waals surface area contributed by atoms with Crippen molar-refractivity contribution in [2.75, 3.05) is 18.4 Å². The summed E-state index contributed by atoms with van der Waals surface area (Å²) in [7, 11) is 0. The lowest BCUT2D eigenvalue weighted by Crippen LogP contribution is -2.34. The Kier molecular flexibility index (Phi) is 5.90. The molecule has 5 N–H and O–H groups in total. The highest BCUT2D eigenvalue weighted by molar-refractivity contribution is 5.96. The van der Waals surface area contributed by atoms with E-state index in [1.54, 1.807) is 48.5 Å². The molecule has 2 aromatic carbocycles. The lowest BCUT2D eigenvalue weighted by atomic mass is 10.2. The van der Waals surface area contributed by atoms with Crippen LogP contribution in [0.25, 0.3) is 0 Å². The van der Waals surface area contributed by atoms with Crippen LogP contribution < -0.4 is 21.7 Å². The number of hydrogen-bond donors (Lipinski definition) is 4. The highest BCUT2D eigenvalue weighted by atomic mass is 16.2. The van der Waals surface area contributed by atoms with E-state index in [4.69, 9.17) is 5.73 Å². The van der Waals surface area contributed by atoms with Gasteiger partial charge in [-0.1, -0.05) is 18.2 Å². The zero-order chi connectivity index (χ0) is 17.4. The standard InChI is InChI=1S/C17H18N4O3/c18-17(24)21-14-8-6-13(7-9-14)16(23)20-11-10-19-15(22)12-4-2-1-3-5-12/h1-9H,10-11H2,(H,19,22)(H,20,23)(H3,18,21,24). The maximum Gasteiger partial charge on any atom is 0.316 e. The van der Waals surface area contributed by atoms with Crippen molar-refractivity contribution < 1.29 is 14.4 Å². The van der Waals surface area contributed by atoms with Gasteiger partial charge in [0, 0.05) is 29.9 Å². The SMILES string of the molecule is NC(=O)Nc1ccc(C(=O)NCCNC(=O)c2ccccc2)cc1. The van der Waals surface area contributed by atoms with Gasteiger partial charge in [0.15, 0.2) is 0 Å². The number of primary amides is 1. The van der Waals surface area contributed by atoms with Gasteiger partial charge in [0.05, 0.1) is 0 Å². The molecule has 2 aromatic rings. The molecule has 0 saturated heterocycles. The normalized spacial score (nSPS) is 9.83. The van der Waals surface area contributed by atoms with E-state index in [0.717, 1.165) is 0 Å². The predicted molar refractivity (Wildman–Crippen MR) is 90.8 cm³/mol. The number of rotatable bonds is 6. The molecule has 0 atom stereocenters. The Morgan fingerprint density at radius 1 is 0.750 bits per heavy atom. The second-order valence-corrected chi connectivity index (χ2v) is 4.94. The fourth-order valence-corrected chi connectivity index (χ4v) is 1.99. The molecule has 124 valence electrons. The first-order chi connectivity index (χ1) is 11.6. The minimum atomic E-state index is -0.665. The van der Waals surface area contributed by atoms with Crippen molar-refractivity contribution >= 4 is 23.5 Å². The molecule has 4 amide bonds. The van der Waals surface area contributed by atoms with Crippen LogP contribution in [0.3, 0.4) is 0 Å². The van der Waals surface area contributed by atoms with Crippen molar-refractivity contribution in [3.63, 3.8) is 0 Å². The highest BCUT2D eigenvalue weighted by Crippen LogP contribution is 2.09. The van der Waals surface area contributed by atoms with Crippen LogP contribution in [-0.2, 0) is 0 Å². The first-order valence-electron chi connectivity index (χ1n) is 7.34. The van der Waals surface area contributed by atoms with Gasteiger partial charge in [-0.3, -0.25) is 9.59 Å². The molecule has 0 bridgehead atoms. The maximum atomic E-state index is 12.0.